The lowest BCUT2D eigenvalue weighted by molar-refractivity contribution is 0.0268. The van der Waals surface area contributed by atoms with Gasteiger partial charge >= 0.3 is 0 Å². The summed E-state index contributed by atoms with van der Waals surface area (Å²) in [6.45, 7) is 1.65. The molecule has 1 saturated carbocycles. The van der Waals surface area contributed by atoms with E-state index in [-0.39, 0.29) is 12.3 Å². The summed E-state index contributed by atoms with van der Waals surface area (Å²) in [6, 6.07) is 0. The van der Waals surface area contributed by atoms with Crippen molar-refractivity contribution in [2.24, 2.45) is 5.92 Å². The minimum absolute atomic E-state index is 0.146. The van der Waals surface area contributed by atoms with Crippen LogP contribution in [0.15, 0.2) is 0 Å². The first-order valence-electron chi connectivity index (χ1n) is 4.07. The molecular weight excluding hydrogens is 180 g/mol. The van der Waals surface area contributed by atoms with Crippen LogP contribution < -0.4 is 0 Å². The monoisotopic (exact) mass is 194 g/mol. The maximum atomic E-state index is 10.8. The smallest absolute Gasteiger partial charge is 0.295 e. The Kier molecular flexibility index (Phi) is 2.47. The minimum atomic E-state index is -4.32. The van der Waals surface area contributed by atoms with Crippen LogP contribution in [0, 0.1) is 5.92 Å². The van der Waals surface area contributed by atoms with Gasteiger partial charge in [0.1, 0.15) is 0 Å². The lowest BCUT2D eigenvalue weighted by Crippen LogP contribution is -2.46. The third-order valence-corrected chi connectivity index (χ3v) is 4.14. The summed E-state index contributed by atoms with van der Waals surface area (Å²) in [5, 5.41) is 9.64. The first kappa shape index (κ1) is 9.95. The fourth-order valence-electron chi connectivity index (χ4n) is 1.68. The summed E-state index contributed by atoms with van der Waals surface area (Å²) in [6.07, 6.45) is 2.36. The molecule has 1 aliphatic carbocycles. The van der Waals surface area contributed by atoms with Crippen molar-refractivity contribution < 1.29 is 18.1 Å². The fourth-order valence-corrected chi connectivity index (χ4v) is 2.71. The SMILES string of the molecule is CC1CCCCC1(O)S(=O)(=O)O. The zero-order chi connectivity index (χ0) is 9.41. The fraction of sp³-hybridized carbons (Fsp3) is 1.00. The van der Waals surface area contributed by atoms with Crippen molar-refractivity contribution in [2.45, 2.75) is 37.5 Å². The molecule has 2 atom stereocenters. The van der Waals surface area contributed by atoms with Gasteiger partial charge in [0.15, 0.2) is 4.93 Å². The van der Waals surface area contributed by atoms with E-state index >= 15 is 0 Å². The molecule has 1 fully saturated rings. The highest BCUT2D eigenvalue weighted by atomic mass is 32.2. The third-order valence-electron chi connectivity index (χ3n) is 2.64. The van der Waals surface area contributed by atoms with E-state index in [1.165, 1.54) is 0 Å². The Hall–Kier alpha value is -0.130. The number of rotatable bonds is 1. The second-order valence-electron chi connectivity index (χ2n) is 3.47. The van der Waals surface area contributed by atoms with Crippen LogP contribution in [0.4, 0.5) is 0 Å². The van der Waals surface area contributed by atoms with Crippen molar-refractivity contribution in [3.8, 4) is 0 Å². The van der Waals surface area contributed by atoms with Gasteiger partial charge in [-0.1, -0.05) is 13.3 Å². The van der Waals surface area contributed by atoms with Crippen molar-refractivity contribution in [1.82, 2.24) is 0 Å². The minimum Gasteiger partial charge on any atom is -0.372 e. The molecule has 0 aromatic heterocycles. The Morgan fingerprint density at radius 1 is 1.42 bits per heavy atom. The van der Waals surface area contributed by atoms with Crippen LogP contribution in [0.5, 0.6) is 0 Å². The van der Waals surface area contributed by atoms with Crippen LogP contribution in [0.1, 0.15) is 32.6 Å². The van der Waals surface area contributed by atoms with Crippen LogP contribution in [0.25, 0.3) is 0 Å². The quantitative estimate of drug-likeness (QED) is 0.605. The zero-order valence-corrected chi connectivity index (χ0v) is 7.84. The molecule has 12 heavy (non-hydrogen) atoms. The van der Waals surface area contributed by atoms with Gasteiger partial charge in [0.25, 0.3) is 10.1 Å². The predicted octanol–water partition coefficient (Wildman–Crippen LogP) is 0.773. The van der Waals surface area contributed by atoms with Gasteiger partial charge in [-0.2, -0.15) is 8.42 Å². The average molecular weight is 194 g/mol. The highest BCUT2D eigenvalue weighted by Crippen LogP contribution is 2.36. The van der Waals surface area contributed by atoms with Crippen molar-refractivity contribution in [3.05, 3.63) is 0 Å². The van der Waals surface area contributed by atoms with E-state index in [0.717, 1.165) is 6.42 Å². The summed E-state index contributed by atoms with van der Waals surface area (Å²) in [7, 11) is -4.32. The molecule has 0 saturated heterocycles. The Labute approximate surface area is 72.3 Å². The van der Waals surface area contributed by atoms with Crippen molar-refractivity contribution in [1.29, 1.82) is 0 Å². The van der Waals surface area contributed by atoms with Gasteiger partial charge in [0.2, 0.25) is 0 Å². The largest absolute Gasteiger partial charge is 0.372 e. The van der Waals surface area contributed by atoms with Crippen molar-refractivity contribution in [2.75, 3.05) is 0 Å². The molecule has 0 aromatic carbocycles. The predicted molar refractivity (Wildman–Crippen MR) is 44.1 cm³/mol. The maximum Gasteiger partial charge on any atom is 0.295 e. The van der Waals surface area contributed by atoms with E-state index in [9.17, 15) is 13.5 Å². The molecule has 1 aliphatic rings. The number of aliphatic hydroxyl groups is 1. The van der Waals surface area contributed by atoms with Gasteiger partial charge in [0, 0.05) is 5.92 Å². The average Bonchev–Trinajstić information content (AvgIpc) is 1.93. The highest BCUT2D eigenvalue weighted by molar-refractivity contribution is 7.87. The van der Waals surface area contributed by atoms with E-state index in [4.69, 9.17) is 4.55 Å². The Morgan fingerprint density at radius 2 is 2.00 bits per heavy atom. The normalized spacial score (nSPS) is 38.1. The van der Waals surface area contributed by atoms with Gasteiger partial charge < -0.3 is 5.11 Å². The lowest BCUT2D eigenvalue weighted by atomic mass is 9.87. The van der Waals surface area contributed by atoms with Crippen LogP contribution in [0.3, 0.4) is 0 Å². The van der Waals surface area contributed by atoms with Crippen LogP contribution in [0.2, 0.25) is 0 Å². The topological polar surface area (TPSA) is 74.6 Å². The molecule has 4 nitrogen and oxygen atoms in total. The molecule has 0 aliphatic heterocycles. The Bertz CT molecular complexity index is 259. The lowest BCUT2D eigenvalue weighted by Gasteiger charge is -2.34. The first-order chi connectivity index (χ1) is 5.38. The molecule has 2 unspecified atom stereocenters. The number of hydrogen-bond acceptors (Lipinski definition) is 3. The standard InChI is InChI=1S/C7H14O4S/c1-6-4-2-3-5-7(6,8)12(9,10)11/h6,8H,2-5H2,1H3,(H,9,10,11). The van der Waals surface area contributed by atoms with Crippen molar-refractivity contribution in [3.63, 3.8) is 0 Å². The summed E-state index contributed by atoms with van der Waals surface area (Å²) >= 11 is 0. The van der Waals surface area contributed by atoms with E-state index in [0.29, 0.717) is 12.8 Å². The van der Waals surface area contributed by atoms with E-state index in [1.807, 2.05) is 0 Å². The molecule has 5 heteroatoms. The summed E-state index contributed by atoms with van der Waals surface area (Å²) < 4.78 is 30.4. The van der Waals surface area contributed by atoms with Gasteiger partial charge in [0.05, 0.1) is 0 Å². The summed E-state index contributed by atoms with van der Waals surface area (Å²) in [5.74, 6) is -0.374. The van der Waals surface area contributed by atoms with Gasteiger partial charge in [-0.05, 0) is 19.3 Å². The second-order valence-corrected chi connectivity index (χ2v) is 5.12. The van der Waals surface area contributed by atoms with Crippen LogP contribution in [-0.2, 0) is 10.1 Å². The van der Waals surface area contributed by atoms with Gasteiger partial charge in [-0.25, -0.2) is 0 Å². The summed E-state index contributed by atoms with van der Waals surface area (Å²) in [4.78, 5) is -1.90. The molecule has 1 rings (SSSR count). The molecular formula is C7H14O4S. The molecule has 0 amide bonds. The molecule has 0 spiro atoms. The number of hydrogen-bond donors (Lipinski definition) is 2. The Balaban J connectivity index is 2.95. The first-order valence-corrected chi connectivity index (χ1v) is 5.51. The Morgan fingerprint density at radius 3 is 2.33 bits per heavy atom. The van der Waals surface area contributed by atoms with E-state index in [1.54, 1.807) is 6.92 Å². The molecule has 0 aromatic rings. The maximum absolute atomic E-state index is 10.8. The van der Waals surface area contributed by atoms with Gasteiger partial charge in [-0.3, -0.25) is 4.55 Å². The molecule has 0 radical (unpaired) electrons. The van der Waals surface area contributed by atoms with Crippen molar-refractivity contribution >= 4 is 10.1 Å². The highest BCUT2D eigenvalue weighted by Gasteiger charge is 2.46. The summed E-state index contributed by atoms with van der Waals surface area (Å²) in [5.41, 5.74) is 0. The molecule has 2 N–H and O–H groups in total. The van der Waals surface area contributed by atoms with E-state index in [2.05, 4.69) is 0 Å². The van der Waals surface area contributed by atoms with Crippen LogP contribution >= 0.6 is 0 Å². The zero-order valence-electron chi connectivity index (χ0n) is 7.02. The van der Waals surface area contributed by atoms with E-state index < -0.39 is 15.1 Å². The van der Waals surface area contributed by atoms with Crippen LogP contribution in [-0.4, -0.2) is 23.0 Å². The second kappa shape index (κ2) is 2.97. The molecule has 0 bridgehead atoms. The molecule has 0 heterocycles. The molecule has 72 valence electrons. The van der Waals surface area contributed by atoms with Gasteiger partial charge in [-0.15, -0.1) is 0 Å². The third kappa shape index (κ3) is 1.48.